The van der Waals surface area contributed by atoms with Gasteiger partial charge in [-0.1, -0.05) is 55.2 Å². The van der Waals surface area contributed by atoms with E-state index in [9.17, 15) is 8.78 Å². The lowest BCUT2D eigenvalue weighted by Gasteiger charge is -2.36. The third kappa shape index (κ3) is 9.22. The molecule has 0 saturated heterocycles. The van der Waals surface area contributed by atoms with Crippen LogP contribution >= 0.6 is 0 Å². The highest BCUT2D eigenvalue weighted by molar-refractivity contribution is 5.48. The molecule has 0 atom stereocenters. The van der Waals surface area contributed by atoms with Gasteiger partial charge in [0.05, 0.1) is 18.8 Å². The molecule has 1 nitrogen and oxygen atoms in total. The van der Waals surface area contributed by atoms with Crippen molar-refractivity contribution in [1.29, 1.82) is 0 Å². The molecule has 3 saturated carbocycles. The Bertz CT molecular complexity index is 1240. The Morgan fingerprint density at radius 2 is 1.43 bits per heavy atom. The van der Waals surface area contributed by atoms with Gasteiger partial charge >= 0.3 is 0 Å². The average molecular weight is 601 g/mol. The summed E-state index contributed by atoms with van der Waals surface area (Å²) in [4.78, 5) is 0. The fraction of sp³-hybridized carbons (Fsp3) is 0.610. The molecule has 5 rings (SSSR count). The second-order valence-electron chi connectivity index (χ2n) is 14.0. The third-order valence-electron chi connectivity index (χ3n) is 10.9. The zero-order valence-corrected chi connectivity index (χ0v) is 27.3. The lowest BCUT2D eigenvalue weighted by molar-refractivity contribution is 0.168. The van der Waals surface area contributed by atoms with Gasteiger partial charge in [-0.2, -0.15) is 0 Å². The second kappa shape index (κ2) is 16.6. The lowest BCUT2D eigenvalue weighted by atomic mass is 9.69. The number of aryl methyl sites for hydroxylation is 2. The van der Waals surface area contributed by atoms with Crippen LogP contribution in [-0.2, 0) is 6.42 Å². The molecule has 3 heteroatoms. The highest BCUT2D eigenvalue weighted by atomic mass is 19.1. The van der Waals surface area contributed by atoms with E-state index < -0.39 is 0 Å². The van der Waals surface area contributed by atoms with Crippen molar-refractivity contribution < 1.29 is 13.5 Å². The Hall–Kier alpha value is -2.60. The second-order valence-corrected chi connectivity index (χ2v) is 14.0. The van der Waals surface area contributed by atoms with Crippen molar-refractivity contribution in [1.82, 2.24) is 0 Å². The van der Waals surface area contributed by atoms with E-state index in [2.05, 4.69) is 55.2 Å². The van der Waals surface area contributed by atoms with Crippen LogP contribution in [0.1, 0.15) is 125 Å². The first-order valence-corrected chi connectivity index (χ1v) is 17.8. The fourth-order valence-corrected chi connectivity index (χ4v) is 7.99. The van der Waals surface area contributed by atoms with Gasteiger partial charge in [-0.25, -0.2) is 4.39 Å². The van der Waals surface area contributed by atoms with E-state index >= 15 is 0 Å². The maximum absolute atomic E-state index is 14.2. The molecule has 44 heavy (non-hydrogen) atoms. The van der Waals surface area contributed by atoms with E-state index in [-0.39, 0.29) is 12.5 Å². The molecule has 3 fully saturated rings. The van der Waals surface area contributed by atoms with Crippen LogP contribution in [0.25, 0.3) is 0 Å². The standard InChI is InChI=1S/C41H54F2O/c1-3-27-44-41-28-30(2)40(43)29-39(41)25-16-34-14-23-38(24-15-34)37-21-12-33(13-22-37)7-6-32-10-19-36(20-11-32)35-17-8-31(9-18-35)5-4-26-42/h6-9,17-18,28-29,32-34,36-38H,3-5,10-15,19-24,26-27H2,1-2H3/b7-6+. The van der Waals surface area contributed by atoms with Crippen LogP contribution in [0, 0.1) is 54.2 Å². The molecule has 0 radical (unpaired) electrons. The van der Waals surface area contributed by atoms with Gasteiger partial charge < -0.3 is 4.74 Å². The molecule has 0 spiro atoms. The van der Waals surface area contributed by atoms with Gasteiger partial charge in [-0.3, -0.25) is 4.39 Å². The van der Waals surface area contributed by atoms with Gasteiger partial charge in [-0.15, -0.1) is 0 Å². The number of hydrogen-bond acceptors (Lipinski definition) is 1. The molecule has 0 amide bonds. The number of allylic oxidation sites excluding steroid dienone is 2. The Morgan fingerprint density at radius 3 is 2.05 bits per heavy atom. The molecule has 3 aliphatic rings. The first-order valence-electron chi connectivity index (χ1n) is 17.8. The predicted octanol–water partition coefficient (Wildman–Crippen LogP) is 11.3. The van der Waals surface area contributed by atoms with Gasteiger partial charge in [0.2, 0.25) is 0 Å². The van der Waals surface area contributed by atoms with Crippen molar-refractivity contribution in [3.05, 3.63) is 76.6 Å². The van der Waals surface area contributed by atoms with E-state index in [1.807, 2.05) is 0 Å². The Morgan fingerprint density at radius 1 is 0.818 bits per heavy atom. The van der Waals surface area contributed by atoms with E-state index in [1.165, 1.54) is 88.2 Å². The zero-order valence-electron chi connectivity index (χ0n) is 27.3. The molecule has 0 aromatic heterocycles. The first kappa shape index (κ1) is 32.8. The minimum absolute atomic E-state index is 0.204. The minimum Gasteiger partial charge on any atom is -0.492 e. The van der Waals surface area contributed by atoms with Gasteiger partial charge in [-0.05, 0) is 162 Å². The Balaban J connectivity index is 1.01. The van der Waals surface area contributed by atoms with Crippen LogP contribution in [0.3, 0.4) is 0 Å². The van der Waals surface area contributed by atoms with Crippen molar-refractivity contribution in [2.45, 2.75) is 116 Å². The van der Waals surface area contributed by atoms with Crippen LogP contribution in [-0.4, -0.2) is 13.3 Å². The third-order valence-corrected chi connectivity index (χ3v) is 10.9. The summed E-state index contributed by atoms with van der Waals surface area (Å²) in [5, 5.41) is 0. The van der Waals surface area contributed by atoms with Crippen LogP contribution in [0.15, 0.2) is 48.6 Å². The summed E-state index contributed by atoms with van der Waals surface area (Å²) in [6, 6.07) is 12.4. The lowest BCUT2D eigenvalue weighted by Crippen LogP contribution is -2.25. The summed E-state index contributed by atoms with van der Waals surface area (Å²) in [6.45, 7) is 4.27. The van der Waals surface area contributed by atoms with E-state index in [0.717, 1.165) is 42.3 Å². The number of alkyl halides is 1. The molecular weight excluding hydrogens is 546 g/mol. The Labute approximate surface area is 266 Å². The molecule has 238 valence electrons. The van der Waals surface area contributed by atoms with Crippen LogP contribution in [0.4, 0.5) is 8.78 Å². The minimum atomic E-state index is -0.226. The quantitative estimate of drug-likeness (QED) is 0.195. The van der Waals surface area contributed by atoms with Gasteiger partial charge in [0.15, 0.2) is 0 Å². The number of rotatable bonds is 10. The molecule has 0 heterocycles. The molecule has 0 N–H and O–H groups in total. The number of benzene rings is 2. The number of halogens is 2. The van der Waals surface area contributed by atoms with Crippen molar-refractivity contribution in [2.75, 3.05) is 13.3 Å². The van der Waals surface area contributed by atoms with Crippen molar-refractivity contribution in [2.24, 2.45) is 29.6 Å². The number of ether oxygens (including phenoxy) is 1. The van der Waals surface area contributed by atoms with Gasteiger partial charge in [0.1, 0.15) is 11.6 Å². The summed E-state index contributed by atoms with van der Waals surface area (Å²) in [5.41, 5.74) is 4.05. The predicted molar refractivity (Wildman–Crippen MR) is 179 cm³/mol. The van der Waals surface area contributed by atoms with Crippen molar-refractivity contribution in [3.8, 4) is 17.6 Å². The fourth-order valence-electron chi connectivity index (χ4n) is 7.99. The zero-order chi connectivity index (χ0) is 30.7. The van der Waals surface area contributed by atoms with Crippen LogP contribution in [0.2, 0.25) is 0 Å². The summed E-state index contributed by atoms with van der Waals surface area (Å²) < 4.78 is 32.6. The normalized spacial score (nSPS) is 27.5. The van der Waals surface area contributed by atoms with Crippen molar-refractivity contribution >= 4 is 0 Å². The molecule has 3 aliphatic carbocycles. The summed E-state index contributed by atoms with van der Waals surface area (Å²) >= 11 is 0. The molecule has 0 unspecified atom stereocenters. The highest BCUT2D eigenvalue weighted by Gasteiger charge is 2.30. The molecule has 0 aliphatic heterocycles. The largest absolute Gasteiger partial charge is 0.492 e. The first-order chi connectivity index (χ1) is 21.5. The van der Waals surface area contributed by atoms with Crippen molar-refractivity contribution in [3.63, 3.8) is 0 Å². The number of hydrogen-bond donors (Lipinski definition) is 0. The molecular formula is C41H54F2O. The van der Waals surface area contributed by atoms with E-state index in [1.54, 1.807) is 19.1 Å². The van der Waals surface area contributed by atoms with E-state index in [0.29, 0.717) is 36.0 Å². The summed E-state index contributed by atoms with van der Waals surface area (Å²) in [7, 11) is 0. The monoisotopic (exact) mass is 600 g/mol. The van der Waals surface area contributed by atoms with E-state index in [4.69, 9.17) is 4.74 Å². The Kier molecular flexibility index (Phi) is 12.4. The highest BCUT2D eigenvalue weighted by Crippen LogP contribution is 2.42. The summed E-state index contributed by atoms with van der Waals surface area (Å²) in [5.74, 6) is 11.6. The maximum atomic E-state index is 14.2. The maximum Gasteiger partial charge on any atom is 0.135 e. The SMILES string of the molecule is CCCOc1cc(C)c(F)cc1C#CC1CCC(C2CCC(/C=C/C3CCC(c4ccc(CCCF)cc4)CC3)CC2)CC1. The topological polar surface area (TPSA) is 9.23 Å². The average Bonchev–Trinajstić information content (AvgIpc) is 3.07. The molecule has 0 bridgehead atoms. The summed E-state index contributed by atoms with van der Waals surface area (Å²) in [6.07, 6.45) is 23.1. The van der Waals surface area contributed by atoms with Crippen LogP contribution in [0.5, 0.6) is 5.75 Å². The van der Waals surface area contributed by atoms with Gasteiger partial charge in [0.25, 0.3) is 0 Å². The van der Waals surface area contributed by atoms with Gasteiger partial charge in [0, 0.05) is 5.92 Å². The molecule has 2 aromatic rings. The smallest absolute Gasteiger partial charge is 0.135 e. The van der Waals surface area contributed by atoms with Crippen LogP contribution < -0.4 is 4.74 Å². The molecule has 2 aromatic carbocycles.